The number of fused-ring (bicyclic) bond motifs is 2. The van der Waals surface area contributed by atoms with E-state index in [4.69, 9.17) is 22.5 Å². The molecule has 5 heteroatoms. The van der Waals surface area contributed by atoms with Gasteiger partial charge < -0.3 is 10.9 Å². The van der Waals surface area contributed by atoms with Crippen molar-refractivity contribution in [1.82, 2.24) is 0 Å². The van der Waals surface area contributed by atoms with E-state index < -0.39 is 0 Å². The highest BCUT2D eigenvalue weighted by molar-refractivity contribution is 6.32. The van der Waals surface area contributed by atoms with Crippen LogP contribution in [0.15, 0.2) is 44.7 Å². The largest absolute Gasteiger partial charge is 0.409 e. The fraction of sp³-hybridized carbons (Fsp3) is 0.385. The van der Waals surface area contributed by atoms with Crippen molar-refractivity contribution in [2.75, 3.05) is 0 Å². The van der Waals surface area contributed by atoms with Crippen LogP contribution in [0.2, 0.25) is 0 Å². The normalized spacial score (nSPS) is 30.8. The molecule has 18 heavy (non-hydrogen) atoms. The van der Waals surface area contributed by atoms with Gasteiger partial charge in [0.05, 0.1) is 17.3 Å². The molecule has 3 rings (SSSR count). The van der Waals surface area contributed by atoms with Crippen molar-refractivity contribution in [3.8, 4) is 0 Å². The Morgan fingerprint density at radius 2 is 2.33 bits per heavy atom. The molecule has 3 aliphatic rings. The standard InChI is InChI=1S/C13H14ClN3O/c14-7-4-5-11-10(6-7)8-2-1-3-9(12(8)16-11)13(15)17-18/h4-6,9-10,18H,1-3H2,(H2,15,17)/t9-,10+/m0/s1. The summed E-state index contributed by atoms with van der Waals surface area (Å²) < 4.78 is 0. The average molecular weight is 264 g/mol. The molecule has 94 valence electrons. The molecule has 0 aromatic heterocycles. The van der Waals surface area contributed by atoms with Crippen molar-refractivity contribution in [3.63, 3.8) is 0 Å². The molecular weight excluding hydrogens is 250 g/mol. The molecule has 1 heterocycles. The second kappa shape index (κ2) is 4.28. The van der Waals surface area contributed by atoms with Crippen molar-refractivity contribution in [3.05, 3.63) is 34.5 Å². The van der Waals surface area contributed by atoms with Gasteiger partial charge in [-0.05, 0) is 37.0 Å². The van der Waals surface area contributed by atoms with E-state index in [1.54, 1.807) is 0 Å². The Balaban J connectivity index is 2.03. The van der Waals surface area contributed by atoms with Gasteiger partial charge in [0.2, 0.25) is 0 Å². The molecule has 0 fully saturated rings. The van der Waals surface area contributed by atoms with E-state index in [-0.39, 0.29) is 17.7 Å². The Kier molecular flexibility index (Phi) is 2.74. The van der Waals surface area contributed by atoms with E-state index in [9.17, 15) is 0 Å². The number of hydrogen-bond donors (Lipinski definition) is 2. The Morgan fingerprint density at radius 1 is 1.50 bits per heavy atom. The fourth-order valence-corrected chi connectivity index (χ4v) is 3.09. The number of hydrogen-bond acceptors (Lipinski definition) is 3. The molecule has 0 amide bonds. The summed E-state index contributed by atoms with van der Waals surface area (Å²) in [5.74, 6) is 0.383. The third-order valence-corrected chi connectivity index (χ3v) is 4.01. The van der Waals surface area contributed by atoms with E-state index in [0.717, 1.165) is 35.7 Å². The molecule has 0 bridgehead atoms. The van der Waals surface area contributed by atoms with Crippen LogP contribution < -0.4 is 5.73 Å². The van der Waals surface area contributed by atoms with E-state index in [1.807, 2.05) is 18.2 Å². The van der Waals surface area contributed by atoms with Gasteiger partial charge in [0, 0.05) is 11.0 Å². The highest BCUT2D eigenvalue weighted by atomic mass is 35.5. The lowest BCUT2D eigenvalue weighted by atomic mass is 9.81. The molecule has 0 aromatic rings. The van der Waals surface area contributed by atoms with Crippen LogP contribution in [-0.4, -0.2) is 16.8 Å². The first kappa shape index (κ1) is 11.5. The van der Waals surface area contributed by atoms with Crippen LogP contribution in [0.1, 0.15) is 19.3 Å². The van der Waals surface area contributed by atoms with E-state index in [0.29, 0.717) is 0 Å². The van der Waals surface area contributed by atoms with Crippen LogP contribution in [0, 0.1) is 11.8 Å². The number of halogens is 1. The van der Waals surface area contributed by atoms with Crippen molar-refractivity contribution >= 4 is 23.1 Å². The highest BCUT2D eigenvalue weighted by Crippen LogP contribution is 2.42. The van der Waals surface area contributed by atoms with Crippen LogP contribution >= 0.6 is 11.6 Å². The second-order valence-corrected chi connectivity index (χ2v) is 5.22. The Hall–Kier alpha value is -1.55. The minimum atomic E-state index is -0.0579. The van der Waals surface area contributed by atoms with Crippen molar-refractivity contribution in [2.24, 2.45) is 27.7 Å². The Morgan fingerprint density at radius 3 is 3.11 bits per heavy atom. The molecule has 0 spiro atoms. The quantitative estimate of drug-likeness (QED) is 0.330. The maximum atomic E-state index is 8.85. The van der Waals surface area contributed by atoms with Gasteiger partial charge >= 0.3 is 0 Å². The van der Waals surface area contributed by atoms with Crippen molar-refractivity contribution in [1.29, 1.82) is 0 Å². The second-order valence-electron chi connectivity index (χ2n) is 4.78. The third-order valence-electron chi connectivity index (χ3n) is 3.75. The Bertz CT molecular complexity index is 542. The van der Waals surface area contributed by atoms with Gasteiger partial charge in [-0.3, -0.25) is 4.99 Å². The zero-order chi connectivity index (χ0) is 12.7. The Labute approximate surface area is 110 Å². The van der Waals surface area contributed by atoms with Gasteiger partial charge in [-0.15, -0.1) is 0 Å². The van der Waals surface area contributed by atoms with E-state index in [1.165, 1.54) is 5.57 Å². The van der Waals surface area contributed by atoms with Gasteiger partial charge in [-0.25, -0.2) is 0 Å². The van der Waals surface area contributed by atoms with Crippen LogP contribution in [0.5, 0.6) is 0 Å². The summed E-state index contributed by atoms with van der Waals surface area (Å²) >= 11 is 6.05. The zero-order valence-electron chi connectivity index (χ0n) is 9.81. The minimum Gasteiger partial charge on any atom is -0.409 e. The van der Waals surface area contributed by atoms with Crippen LogP contribution in [-0.2, 0) is 0 Å². The molecule has 3 N–H and O–H groups in total. The summed E-state index contributed by atoms with van der Waals surface area (Å²) in [6.07, 6.45) is 8.77. The molecule has 0 radical (unpaired) electrons. The first-order valence-electron chi connectivity index (χ1n) is 6.05. The van der Waals surface area contributed by atoms with Gasteiger partial charge in [0.1, 0.15) is 5.84 Å². The molecule has 1 aliphatic heterocycles. The first-order valence-corrected chi connectivity index (χ1v) is 6.43. The molecule has 0 saturated heterocycles. The molecule has 0 aromatic carbocycles. The van der Waals surface area contributed by atoms with Crippen LogP contribution in [0.25, 0.3) is 0 Å². The SMILES string of the molecule is NC(=NO)[C@H]1CCCC2=C1N=C1C=CC(Cl)=C[C@@H]12. The van der Waals surface area contributed by atoms with Crippen molar-refractivity contribution in [2.45, 2.75) is 19.3 Å². The maximum Gasteiger partial charge on any atom is 0.148 e. The predicted molar refractivity (Wildman–Crippen MR) is 71.8 cm³/mol. The number of oxime groups is 1. The number of amidine groups is 1. The molecular formula is C13H14ClN3O. The summed E-state index contributed by atoms with van der Waals surface area (Å²) in [5, 5.41) is 12.7. The van der Waals surface area contributed by atoms with Gasteiger partial charge in [0.15, 0.2) is 0 Å². The van der Waals surface area contributed by atoms with Crippen LogP contribution in [0.3, 0.4) is 0 Å². The number of aliphatic imine (C=N–C) groups is 1. The van der Waals surface area contributed by atoms with Gasteiger partial charge in [-0.2, -0.15) is 0 Å². The maximum absolute atomic E-state index is 8.85. The lowest BCUT2D eigenvalue weighted by Gasteiger charge is -2.24. The number of allylic oxidation sites excluding steroid dienone is 5. The third kappa shape index (κ3) is 1.68. The summed E-state index contributed by atoms with van der Waals surface area (Å²) in [6.45, 7) is 0. The topological polar surface area (TPSA) is 71.0 Å². The molecule has 2 atom stereocenters. The smallest absolute Gasteiger partial charge is 0.148 e. The molecule has 0 unspecified atom stereocenters. The molecule has 0 saturated carbocycles. The zero-order valence-corrected chi connectivity index (χ0v) is 10.6. The molecule has 4 nitrogen and oxygen atoms in total. The lowest BCUT2D eigenvalue weighted by Crippen LogP contribution is -2.27. The van der Waals surface area contributed by atoms with E-state index >= 15 is 0 Å². The predicted octanol–water partition coefficient (Wildman–Crippen LogP) is 2.55. The lowest BCUT2D eigenvalue weighted by molar-refractivity contribution is 0.313. The van der Waals surface area contributed by atoms with E-state index in [2.05, 4.69) is 10.1 Å². The number of nitrogens with two attached hydrogens (primary N) is 1. The molecule has 2 aliphatic carbocycles. The van der Waals surface area contributed by atoms with Crippen LogP contribution in [0.4, 0.5) is 0 Å². The monoisotopic (exact) mass is 263 g/mol. The summed E-state index contributed by atoms with van der Waals surface area (Å²) in [5.41, 5.74) is 9.02. The number of rotatable bonds is 1. The first-order chi connectivity index (χ1) is 8.70. The summed E-state index contributed by atoms with van der Waals surface area (Å²) in [6, 6.07) is 0. The fourth-order valence-electron chi connectivity index (χ4n) is 2.90. The summed E-state index contributed by atoms with van der Waals surface area (Å²) in [4.78, 5) is 4.65. The highest BCUT2D eigenvalue weighted by Gasteiger charge is 2.36. The minimum absolute atomic E-state index is 0.0579. The number of nitrogens with zero attached hydrogens (tertiary/aromatic N) is 2. The summed E-state index contributed by atoms with van der Waals surface area (Å²) in [7, 11) is 0. The van der Waals surface area contributed by atoms with Gasteiger partial charge in [-0.1, -0.05) is 22.8 Å². The van der Waals surface area contributed by atoms with Crippen molar-refractivity contribution < 1.29 is 5.21 Å². The van der Waals surface area contributed by atoms with Gasteiger partial charge in [0.25, 0.3) is 0 Å². The average Bonchev–Trinajstić information content (AvgIpc) is 2.75.